The highest BCUT2D eigenvalue weighted by molar-refractivity contribution is 7.47. The number of esters is 1. The van der Waals surface area contributed by atoms with Crippen LogP contribution in [0.15, 0.2) is 48.8 Å². The molecule has 0 fully saturated rings. The van der Waals surface area contributed by atoms with Gasteiger partial charge in [0.1, 0.15) is 6.61 Å². The second-order valence-corrected chi connectivity index (χ2v) is 14.7. The number of carbonyl (C=O) groups excluding carboxylic acids is 1. The second-order valence-electron chi connectivity index (χ2n) is 13.2. The van der Waals surface area contributed by atoms with E-state index in [9.17, 15) is 14.3 Å². The predicted molar refractivity (Wildman–Crippen MR) is 210 cm³/mol. The Labute approximate surface area is 307 Å². The normalized spacial score (nSPS) is 14.0. The zero-order valence-electron chi connectivity index (χ0n) is 32.1. The molecule has 0 amide bonds. The van der Waals surface area contributed by atoms with Crippen molar-refractivity contribution in [2.24, 2.45) is 5.73 Å². The SMILES string of the molecule is CCCCC/C=C\C/C=C\C/C=C\CCCCC(=O)OC[C@H](COP(=O)(O)OCCN)O/C=C\CCCCCCCCCCCCCCCC. The van der Waals surface area contributed by atoms with Crippen LogP contribution in [0.4, 0.5) is 0 Å². The molecule has 0 spiro atoms. The van der Waals surface area contributed by atoms with Crippen LogP contribution in [0.5, 0.6) is 0 Å². The summed E-state index contributed by atoms with van der Waals surface area (Å²) in [7, 11) is -4.27. The minimum Gasteiger partial charge on any atom is -0.492 e. The number of phosphoric acid groups is 1. The molecule has 50 heavy (non-hydrogen) atoms. The van der Waals surface area contributed by atoms with Crippen molar-refractivity contribution >= 4 is 13.8 Å². The molecular weight excluding hydrogens is 649 g/mol. The fourth-order valence-corrected chi connectivity index (χ4v) is 6.05. The van der Waals surface area contributed by atoms with Crippen LogP contribution < -0.4 is 5.73 Å². The minimum atomic E-state index is -4.27. The third kappa shape index (κ3) is 37.6. The summed E-state index contributed by atoms with van der Waals surface area (Å²) in [6, 6.07) is 0. The quantitative estimate of drug-likeness (QED) is 0.0212. The number of nitrogens with two attached hydrogens (primary N) is 1. The standard InChI is InChI=1S/C41H76NO7P/c1-3-5-7-9-11-13-15-17-19-21-23-25-27-29-31-33-36-46-40(39-49-50(44,45)48-37-35-42)38-47-41(43)34-32-30-28-26-24-22-20-18-16-14-12-10-8-6-4-2/h12,14,18,20,24,26,33,36,40H,3-11,13,15-17,19,21-23,25,27-32,34-35,37-39,42H2,1-2H3,(H,44,45)/b14-12-,20-18-,26-24-,36-33-/t40-/m1/s1. The number of carbonyl (C=O) groups is 1. The van der Waals surface area contributed by atoms with Gasteiger partial charge in [0, 0.05) is 13.0 Å². The highest BCUT2D eigenvalue weighted by Gasteiger charge is 2.24. The third-order valence-corrected chi connectivity index (χ3v) is 9.32. The molecule has 8 nitrogen and oxygen atoms in total. The lowest BCUT2D eigenvalue weighted by molar-refractivity contribution is -0.147. The summed E-state index contributed by atoms with van der Waals surface area (Å²) in [6.45, 7) is 4.14. The number of ether oxygens (including phenoxy) is 2. The van der Waals surface area contributed by atoms with E-state index in [2.05, 4.69) is 50.3 Å². The van der Waals surface area contributed by atoms with E-state index in [4.69, 9.17) is 24.3 Å². The summed E-state index contributed by atoms with van der Waals surface area (Å²) in [4.78, 5) is 22.2. The molecule has 0 aromatic carbocycles. The molecule has 0 saturated heterocycles. The smallest absolute Gasteiger partial charge is 0.472 e. The molecule has 2 atom stereocenters. The van der Waals surface area contributed by atoms with Gasteiger partial charge in [0.15, 0.2) is 6.10 Å². The zero-order valence-corrected chi connectivity index (χ0v) is 33.0. The number of unbranched alkanes of at least 4 members (excludes halogenated alkanes) is 19. The van der Waals surface area contributed by atoms with Crippen LogP contribution in [0.2, 0.25) is 0 Å². The van der Waals surface area contributed by atoms with Crippen molar-refractivity contribution in [2.45, 2.75) is 180 Å². The van der Waals surface area contributed by atoms with Crippen molar-refractivity contribution in [3.8, 4) is 0 Å². The van der Waals surface area contributed by atoms with Crippen LogP contribution in [-0.2, 0) is 27.9 Å². The Hall–Kier alpha value is -1.70. The van der Waals surface area contributed by atoms with Gasteiger partial charge in [-0.1, -0.05) is 147 Å². The average molecular weight is 726 g/mol. The van der Waals surface area contributed by atoms with Gasteiger partial charge < -0.3 is 20.1 Å². The van der Waals surface area contributed by atoms with Crippen molar-refractivity contribution in [3.05, 3.63) is 48.8 Å². The van der Waals surface area contributed by atoms with Gasteiger partial charge in [0.25, 0.3) is 0 Å². The molecule has 292 valence electrons. The molecule has 0 saturated carbocycles. The van der Waals surface area contributed by atoms with Gasteiger partial charge in [-0.3, -0.25) is 13.8 Å². The molecule has 0 aliphatic rings. The molecule has 0 bridgehead atoms. The van der Waals surface area contributed by atoms with Crippen LogP contribution >= 0.6 is 7.82 Å². The molecule has 0 radical (unpaired) electrons. The summed E-state index contributed by atoms with van der Waals surface area (Å²) in [5, 5.41) is 0. The van der Waals surface area contributed by atoms with Crippen molar-refractivity contribution < 1.29 is 32.8 Å². The lowest BCUT2D eigenvalue weighted by atomic mass is 10.0. The first-order valence-electron chi connectivity index (χ1n) is 20.2. The van der Waals surface area contributed by atoms with Gasteiger partial charge in [0.2, 0.25) is 0 Å². The Morgan fingerprint density at radius 1 is 0.620 bits per heavy atom. The van der Waals surface area contributed by atoms with Crippen LogP contribution in [0.1, 0.15) is 174 Å². The molecule has 0 aromatic rings. The maximum absolute atomic E-state index is 12.3. The van der Waals surface area contributed by atoms with Gasteiger partial charge in [0.05, 0.1) is 19.5 Å². The van der Waals surface area contributed by atoms with E-state index in [1.54, 1.807) is 6.26 Å². The Morgan fingerprint density at radius 2 is 1.08 bits per heavy atom. The lowest BCUT2D eigenvalue weighted by Gasteiger charge is -2.19. The molecule has 9 heteroatoms. The van der Waals surface area contributed by atoms with Gasteiger partial charge in [-0.05, 0) is 63.9 Å². The maximum atomic E-state index is 12.3. The summed E-state index contributed by atoms with van der Waals surface area (Å²) in [5.41, 5.74) is 5.35. The summed E-state index contributed by atoms with van der Waals surface area (Å²) >= 11 is 0. The Kier molecular flexibility index (Phi) is 37.2. The van der Waals surface area contributed by atoms with Gasteiger partial charge >= 0.3 is 13.8 Å². The Bertz CT molecular complexity index is 905. The molecule has 0 aromatic heterocycles. The first kappa shape index (κ1) is 48.3. The van der Waals surface area contributed by atoms with E-state index >= 15 is 0 Å². The highest BCUT2D eigenvalue weighted by atomic mass is 31.2. The van der Waals surface area contributed by atoms with Gasteiger partial charge in [-0.2, -0.15) is 0 Å². The van der Waals surface area contributed by atoms with E-state index < -0.39 is 13.9 Å². The fourth-order valence-electron chi connectivity index (χ4n) is 5.28. The van der Waals surface area contributed by atoms with Crippen LogP contribution in [0.25, 0.3) is 0 Å². The second kappa shape index (κ2) is 38.5. The summed E-state index contributed by atoms with van der Waals surface area (Å²) in [5.74, 6) is -0.328. The largest absolute Gasteiger partial charge is 0.492 e. The van der Waals surface area contributed by atoms with Crippen LogP contribution in [0.3, 0.4) is 0 Å². The molecule has 3 N–H and O–H groups in total. The van der Waals surface area contributed by atoms with E-state index in [1.165, 1.54) is 109 Å². The van der Waals surface area contributed by atoms with E-state index in [-0.39, 0.29) is 32.3 Å². The first-order valence-corrected chi connectivity index (χ1v) is 21.7. The van der Waals surface area contributed by atoms with Gasteiger partial charge in [-0.15, -0.1) is 0 Å². The van der Waals surface area contributed by atoms with Crippen molar-refractivity contribution in [1.82, 2.24) is 0 Å². The number of hydrogen-bond acceptors (Lipinski definition) is 7. The maximum Gasteiger partial charge on any atom is 0.472 e. The number of rotatable bonds is 38. The average Bonchev–Trinajstić information content (AvgIpc) is 3.11. The molecule has 0 heterocycles. The number of hydrogen-bond donors (Lipinski definition) is 2. The van der Waals surface area contributed by atoms with Crippen LogP contribution in [-0.4, -0.2) is 43.3 Å². The van der Waals surface area contributed by atoms with E-state index in [0.717, 1.165) is 44.9 Å². The zero-order chi connectivity index (χ0) is 36.6. The highest BCUT2D eigenvalue weighted by Crippen LogP contribution is 2.43. The summed E-state index contributed by atoms with van der Waals surface area (Å²) in [6.07, 6.45) is 45.1. The topological polar surface area (TPSA) is 117 Å². The third-order valence-electron chi connectivity index (χ3n) is 8.34. The minimum absolute atomic E-state index is 0.0842. The lowest BCUT2D eigenvalue weighted by Crippen LogP contribution is -2.25. The Balaban J connectivity index is 4.18. The predicted octanol–water partition coefficient (Wildman–Crippen LogP) is 12.0. The van der Waals surface area contributed by atoms with Crippen molar-refractivity contribution in [2.75, 3.05) is 26.4 Å². The number of allylic oxidation sites excluding steroid dienone is 7. The molecule has 0 aliphatic heterocycles. The summed E-state index contributed by atoms with van der Waals surface area (Å²) < 4.78 is 33.1. The van der Waals surface area contributed by atoms with E-state index in [1.807, 2.05) is 6.08 Å². The fraction of sp³-hybridized carbons (Fsp3) is 0.780. The Morgan fingerprint density at radius 3 is 1.64 bits per heavy atom. The monoisotopic (exact) mass is 726 g/mol. The molecule has 1 unspecified atom stereocenters. The first-order chi connectivity index (χ1) is 24.4. The molecular formula is C41H76NO7P. The molecule has 0 rings (SSSR count). The molecule has 0 aliphatic carbocycles. The van der Waals surface area contributed by atoms with Gasteiger partial charge in [-0.25, -0.2) is 4.57 Å². The van der Waals surface area contributed by atoms with Crippen molar-refractivity contribution in [3.63, 3.8) is 0 Å². The van der Waals surface area contributed by atoms with Crippen LogP contribution in [0, 0.1) is 0 Å². The van der Waals surface area contributed by atoms with Crippen molar-refractivity contribution in [1.29, 1.82) is 0 Å². The number of phosphoric ester groups is 1. The van der Waals surface area contributed by atoms with E-state index in [0.29, 0.717) is 6.42 Å².